The quantitative estimate of drug-likeness (QED) is 0.335. The molecule has 1 aromatic heterocycles. The van der Waals surface area contributed by atoms with E-state index in [0.717, 1.165) is 17.1 Å². The molecule has 7 nitrogen and oxygen atoms in total. The molecule has 0 unspecified atom stereocenters. The van der Waals surface area contributed by atoms with Crippen LogP contribution in [0.2, 0.25) is 0 Å². The van der Waals surface area contributed by atoms with Crippen LogP contribution >= 0.6 is 0 Å². The van der Waals surface area contributed by atoms with Crippen LogP contribution in [0.3, 0.4) is 0 Å². The van der Waals surface area contributed by atoms with E-state index >= 15 is 0 Å². The maximum Gasteiger partial charge on any atom is 0.259 e. The molecule has 0 atom stereocenters. The predicted molar refractivity (Wildman–Crippen MR) is 132 cm³/mol. The average Bonchev–Trinajstić information content (AvgIpc) is 2.81. The summed E-state index contributed by atoms with van der Waals surface area (Å²) in [5.74, 6) is 1.49. The number of nitrogens with one attached hydrogen (secondary N) is 3. The number of aromatic nitrogens is 2. The van der Waals surface area contributed by atoms with E-state index in [-0.39, 0.29) is 5.91 Å². The monoisotopic (exact) mass is 439 g/mol. The van der Waals surface area contributed by atoms with Crippen LogP contribution in [0.15, 0.2) is 78.9 Å². The minimum atomic E-state index is -0.230. The number of hydrogen-bond donors (Lipinski definition) is 3. The van der Waals surface area contributed by atoms with Crippen LogP contribution in [0.1, 0.15) is 21.6 Å². The highest BCUT2D eigenvalue weighted by molar-refractivity contribution is 6.06. The number of aryl methyl sites for hydroxylation is 2. The fraction of sp³-hybridized carbons (Fsp3) is 0.115. The van der Waals surface area contributed by atoms with Crippen LogP contribution in [0.4, 0.5) is 28.8 Å². The topological polar surface area (TPSA) is 88.2 Å². The molecule has 0 fully saturated rings. The number of benzene rings is 3. The van der Waals surface area contributed by atoms with Gasteiger partial charge in [0.25, 0.3) is 5.91 Å². The smallest absolute Gasteiger partial charge is 0.259 e. The molecule has 0 aliphatic rings. The molecule has 4 rings (SSSR count). The van der Waals surface area contributed by atoms with Gasteiger partial charge in [0.2, 0.25) is 5.95 Å². The number of nitrogens with zero attached hydrogens (tertiary/aromatic N) is 2. The van der Waals surface area contributed by atoms with Gasteiger partial charge in [-0.3, -0.25) is 4.79 Å². The van der Waals surface area contributed by atoms with E-state index in [0.29, 0.717) is 28.8 Å². The molecule has 0 radical (unpaired) electrons. The molecule has 0 spiro atoms. The molecule has 0 saturated carbocycles. The third kappa shape index (κ3) is 5.65. The number of carbonyl (C=O) groups is 1. The normalized spacial score (nSPS) is 10.4. The second-order valence-corrected chi connectivity index (χ2v) is 7.57. The second-order valence-electron chi connectivity index (χ2n) is 7.57. The number of hydrogen-bond acceptors (Lipinski definition) is 6. The largest absolute Gasteiger partial charge is 0.496 e. The van der Waals surface area contributed by atoms with Gasteiger partial charge in [0.05, 0.1) is 12.7 Å². The summed E-state index contributed by atoms with van der Waals surface area (Å²) in [6.07, 6.45) is 0. The predicted octanol–water partition coefficient (Wildman–Crippen LogP) is 5.84. The Labute approximate surface area is 192 Å². The minimum absolute atomic E-state index is 0.230. The minimum Gasteiger partial charge on any atom is -0.496 e. The van der Waals surface area contributed by atoms with Crippen LogP contribution in [0.25, 0.3) is 0 Å². The van der Waals surface area contributed by atoms with Crippen molar-refractivity contribution in [3.05, 3.63) is 95.7 Å². The molecule has 0 saturated heterocycles. The zero-order chi connectivity index (χ0) is 23.2. The third-order valence-electron chi connectivity index (χ3n) is 4.93. The standard InChI is InChI=1S/C26H25N5O2/c1-17-8-10-21(11-9-17)30-26-27-18(2)16-24(31-26)28-19-12-14-20(15-13-19)29-25(32)22-6-4-5-7-23(22)33-3/h4-16H,1-3H3,(H,29,32)(H2,27,28,30,31). The molecule has 0 aliphatic heterocycles. The van der Waals surface area contributed by atoms with Crippen LogP contribution < -0.4 is 20.7 Å². The summed E-state index contributed by atoms with van der Waals surface area (Å²) in [4.78, 5) is 21.6. The van der Waals surface area contributed by atoms with E-state index in [2.05, 4.69) is 25.9 Å². The van der Waals surface area contributed by atoms with Crippen LogP contribution in [0, 0.1) is 13.8 Å². The molecule has 33 heavy (non-hydrogen) atoms. The molecule has 3 aromatic carbocycles. The SMILES string of the molecule is COc1ccccc1C(=O)Nc1ccc(Nc2cc(C)nc(Nc3ccc(C)cc3)n2)cc1. The summed E-state index contributed by atoms with van der Waals surface area (Å²) in [6, 6.07) is 24.4. The van der Waals surface area contributed by atoms with Crippen molar-refractivity contribution in [1.82, 2.24) is 9.97 Å². The number of anilines is 5. The molecule has 1 amide bonds. The van der Waals surface area contributed by atoms with Gasteiger partial charge >= 0.3 is 0 Å². The summed E-state index contributed by atoms with van der Waals surface area (Å²) in [7, 11) is 1.54. The van der Waals surface area contributed by atoms with Crippen molar-refractivity contribution in [3.8, 4) is 5.75 Å². The van der Waals surface area contributed by atoms with Gasteiger partial charge in [-0.2, -0.15) is 4.98 Å². The number of carbonyl (C=O) groups excluding carboxylic acids is 1. The molecule has 166 valence electrons. The second kappa shape index (κ2) is 9.82. The molecule has 0 bridgehead atoms. The zero-order valence-corrected chi connectivity index (χ0v) is 18.7. The van der Waals surface area contributed by atoms with Crippen molar-refractivity contribution < 1.29 is 9.53 Å². The molecular formula is C26H25N5O2. The number of para-hydroxylation sites is 1. The first-order valence-electron chi connectivity index (χ1n) is 10.5. The lowest BCUT2D eigenvalue weighted by Gasteiger charge is -2.12. The summed E-state index contributed by atoms with van der Waals surface area (Å²) < 4.78 is 5.26. The lowest BCUT2D eigenvalue weighted by molar-refractivity contribution is 0.102. The Balaban J connectivity index is 1.44. The molecule has 3 N–H and O–H groups in total. The fourth-order valence-corrected chi connectivity index (χ4v) is 3.27. The fourth-order valence-electron chi connectivity index (χ4n) is 3.27. The van der Waals surface area contributed by atoms with Gasteiger partial charge in [0.15, 0.2) is 0 Å². The molecule has 0 aliphatic carbocycles. The van der Waals surface area contributed by atoms with Crippen molar-refractivity contribution in [2.75, 3.05) is 23.1 Å². The highest BCUT2D eigenvalue weighted by atomic mass is 16.5. The summed E-state index contributed by atoms with van der Waals surface area (Å²) in [5.41, 5.74) is 4.94. The Kier molecular flexibility index (Phi) is 6.50. The Morgan fingerprint density at radius 2 is 1.42 bits per heavy atom. The Morgan fingerprint density at radius 3 is 2.15 bits per heavy atom. The van der Waals surface area contributed by atoms with Gasteiger partial charge in [-0.25, -0.2) is 4.98 Å². The van der Waals surface area contributed by atoms with Gasteiger partial charge in [-0.15, -0.1) is 0 Å². The maximum atomic E-state index is 12.6. The lowest BCUT2D eigenvalue weighted by atomic mass is 10.2. The highest BCUT2D eigenvalue weighted by Gasteiger charge is 2.11. The first-order chi connectivity index (χ1) is 16.0. The third-order valence-corrected chi connectivity index (χ3v) is 4.93. The van der Waals surface area contributed by atoms with Crippen LogP contribution in [-0.4, -0.2) is 23.0 Å². The number of rotatable bonds is 7. The Morgan fingerprint density at radius 1 is 0.788 bits per heavy atom. The molecule has 1 heterocycles. The van der Waals surface area contributed by atoms with E-state index in [1.807, 2.05) is 74.5 Å². The summed E-state index contributed by atoms with van der Waals surface area (Å²) >= 11 is 0. The van der Waals surface area contributed by atoms with Crippen LogP contribution in [0.5, 0.6) is 5.75 Å². The van der Waals surface area contributed by atoms with Crippen molar-refractivity contribution in [2.45, 2.75) is 13.8 Å². The van der Waals surface area contributed by atoms with Crippen molar-refractivity contribution in [3.63, 3.8) is 0 Å². The van der Waals surface area contributed by atoms with E-state index in [4.69, 9.17) is 4.74 Å². The van der Waals surface area contributed by atoms with Crippen molar-refractivity contribution in [1.29, 1.82) is 0 Å². The van der Waals surface area contributed by atoms with Gasteiger partial charge in [-0.1, -0.05) is 29.8 Å². The van der Waals surface area contributed by atoms with Gasteiger partial charge < -0.3 is 20.7 Å². The summed E-state index contributed by atoms with van der Waals surface area (Å²) in [6.45, 7) is 3.97. The van der Waals surface area contributed by atoms with E-state index in [1.54, 1.807) is 25.3 Å². The van der Waals surface area contributed by atoms with E-state index in [9.17, 15) is 4.79 Å². The van der Waals surface area contributed by atoms with Crippen LogP contribution in [-0.2, 0) is 0 Å². The zero-order valence-electron chi connectivity index (χ0n) is 18.7. The number of ether oxygens (including phenoxy) is 1. The Bertz CT molecular complexity index is 1250. The maximum absolute atomic E-state index is 12.6. The molecule has 4 aromatic rings. The van der Waals surface area contributed by atoms with E-state index < -0.39 is 0 Å². The average molecular weight is 440 g/mol. The number of methoxy groups -OCH3 is 1. The molecular weight excluding hydrogens is 414 g/mol. The first-order valence-corrected chi connectivity index (χ1v) is 10.5. The highest BCUT2D eigenvalue weighted by Crippen LogP contribution is 2.23. The van der Waals surface area contributed by atoms with Crippen molar-refractivity contribution >= 4 is 34.7 Å². The lowest BCUT2D eigenvalue weighted by Crippen LogP contribution is -2.13. The van der Waals surface area contributed by atoms with E-state index in [1.165, 1.54) is 5.56 Å². The number of amides is 1. The Hall–Kier alpha value is -4.39. The summed E-state index contributed by atoms with van der Waals surface area (Å²) in [5, 5.41) is 9.41. The molecule has 7 heteroatoms. The van der Waals surface area contributed by atoms with Gasteiger partial charge in [0.1, 0.15) is 11.6 Å². The van der Waals surface area contributed by atoms with Gasteiger partial charge in [-0.05, 0) is 62.4 Å². The first kappa shape index (κ1) is 21.8. The van der Waals surface area contributed by atoms with Gasteiger partial charge in [0, 0.05) is 28.8 Å². The van der Waals surface area contributed by atoms with Crippen molar-refractivity contribution in [2.24, 2.45) is 0 Å².